The zero-order valence-corrected chi connectivity index (χ0v) is 12.2. The van der Waals surface area contributed by atoms with Crippen molar-refractivity contribution >= 4 is 22.2 Å². The molecule has 0 aliphatic carbocycles. The van der Waals surface area contributed by atoms with Crippen LogP contribution in [0.5, 0.6) is 0 Å². The summed E-state index contributed by atoms with van der Waals surface area (Å²) in [4.78, 5) is 9.86. The van der Waals surface area contributed by atoms with E-state index in [1.54, 1.807) is 30.3 Å². The Morgan fingerprint density at radius 1 is 1.00 bits per heavy atom. The fourth-order valence-corrected chi connectivity index (χ4v) is 2.17. The molecule has 0 fully saturated rings. The molecule has 2 aromatic carbocycles. The largest absolute Gasteiger partial charge is 0.374 e. The van der Waals surface area contributed by atoms with Crippen LogP contribution in [-0.4, -0.2) is 15.2 Å². The summed E-state index contributed by atoms with van der Waals surface area (Å²) in [5, 5.41) is 18.3. The first-order valence-electron chi connectivity index (χ1n) is 6.25. The van der Waals surface area contributed by atoms with E-state index in [9.17, 15) is 10.1 Å². The molecule has 112 valence electrons. The minimum absolute atomic E-state index is 0.493. The molecule has 22 heavy (non-hydrogen) atoms. The normalized spacial score (nSPS) is 9.45. The molecule has 0 atom stereocenters. The van der Waals surface area contributed by atoms with Crippen LogP contribution >= 0.6 is 11.3 Å². The second-order valence-corrected chi connectivity index (χ2v) is 5.06. The van der Waals surface area contributed by atoms with Crippen LogP contribution in [-0.2, 0) is 0 Å². The molecule has 8 heteroatoms. The summed E-state index contributed by atoms with van der Waals surface area (Å²) in [5.74, 6) is 0. The topological polar surface area (TPSA) is 107 Å². The lowest BCUT2D eigenvalue weighted by Gasteiger charge is -1.93. The maximum absolute atomic E-state index is 9.86. The quantitative estimate of drug-likeness (QED) is 0.568. The molecule has 7 nitrogen and oxygen atoms in total. The Balaban J connectivity index is 0.000000164. The van der Waals surface area contributed by atoms with Crippen LogP contribution in [0, 0.1) is 10.1 Å². The molecule has 0 saturated heterocycles. The molecule has 0 radical (unpaired) electrons. The van der Waals surface area contributed by atoms with Crippen LogP contribution in [0.2, 0.25) is 0 Å². The number of para-hydroxylation sites is 1. The van der Waals surface area contributed by atoms with Crippen molar-refractivity contribution in [3.63, 3.8) is 0 Å². The number of nitrogens with one attached hydrogen (secondary N) is 1. The van der Waals surface area contributed by atoms with E-state index < -0.39 is 5.03 Å². The summed E-state index contributed by atoms with van der Waals surface area (Å²) < 4.78 is 0. The van der Waals surface area contributed by atoms with Crippen LogP contribution in [0.1, 0.15) is 0 Å². The van der Waals surface area contributed by atoms with Crippen LogP contribution < -0.4 is 11.2 Å². The van der Waals surface area contributed by atoms with Gasteiger partial charge in [-0.25, -0.2) is 10.1 Å². The van der Waals surface area contributed by atoms with Gasteiger partial charge in [0.25, 0.3) is 0 Å². The molecular weight excluding hydrogens is 302 g/mol. The van der Waals surface area contributed by atoms with Crippen molar-refractivity contribution in [1.29, 1.82) is 0 Å². The molecule has 0 unspecified atom stereocenters. The van der Waals surface area contributed by atoms with E-state index in [1.165, 1.54) is 11.3 Å². The van der Waals surface area contributed by atoms with E-state index in [1.807, 2.05) is 35.8 Å². The number of hydrogen-bond donors (Lipinski definition) is 2. The Morgan fingerprint density at radius 2 is 1.59 bits per heavy atom. The number of benzene rings is 2. The van der Waals surface area contributed by atoms with Gasteiger partial charge in [0.15, 0.2) is 5.03 Å². The molecule has 0 aliphatic heterocycles. The Kier molecular flexibility index (Phi) is 5.38. The van der Waals surface area contributed by atoms with Gasteiger partial charge in [0.2, 0.25) is 5.13 Å². The Bertz CT molecular complexity index is 718. The average Bonchev–Trinajstić information content (AvgIpc) is 2.96. The first-order chi connectivity index (χ1) is 10.6. The lowest BCUT2D eigenvalue weighted by Crippen LogP contribution is -2.06. The third-order valence-electron chi connectivity index (χ3n) is 2.46. The molecule has 1 aromatic heterocycles. The van der Waals surface area contributed by atoms with Gasteiger partial charge < -0.3 is 5.73 Å². The van der Waals surface area contributed by atoms with Gasteiger partial charge in [0.05, 0.1) is 0 Å². The molecule has 0 spiro atoms. The molecule has 0 amide bonds. The highest BCUT2D eigenvalue weighted by Crippen LogP contribution is 2.23. The van der Waals surface area contributed by atoms with Gasteiger partial charge in [-0.1, -0.05) is 59.9 Å². The van der Waals surface area contributed by atoms with Crippen molar-refractivity contribution in [2.24, 2.45) is 0 Å². The molecule has 0 saturated carbocycles. The summed E-state index contributed by atoms with van der Waals surface area (Å²) in [6, 6.07) is 18.4. The maximum atomic E-state index is 9.86. The number of aromatic nitrogens is 2. The van der Waals surface area contributed by atoms with Gasteiger partial charge in [0.1, 0.15) is 10.7 Å². The van der Waals surface area contributed by atoms with E-state index in [2.05, 4.69) is 10.2 Å². The number of hydrazine groups is 1. The van der Waals surface area contributed by atoms with Crippen LogP contribution in [0.3, 0.4) is 0 Å². The van der Waals surface area contributed by atoms with Gasteiger partial charge >= 0.3 is 0 Å². The highest BCUT2D eigenvalue weighted by molar-refractivity contribution is 7.18. The van der Waals surface area contributed by atoms with Crippen LogP contribution in [0.4, 0.5) is 10.8 Å². The minimum atomic E-state index is -0.588. The van der Waals surface area contributed by atoms with Crippen molar-refractivity contribution in [3.8, 4) is 10.6 Å². The lowest BCUT2D eigenvalue weighted by molar-refractivity contribution is -0.445. The molecule has 0 bridgehead atoms. The van der Waals surface area contributed by atoms with Gasteiger partial charge in [0, 0.05) is 5.56 Å². The fourth-order valence-electron chi connectivity index (χ4n) is 1.55. The highest BCUT2D eigenvalue weighted by Gasteiger charge is 2.01. The number of nitro groups is 1. The van der Waals surface area contributed by atoms with Crippen molar-refractivity contribution in [2.75, 3.05) is 11.2 Å². The van der Waals surface area contributed by atoms with E-state index in [4.69, 9.17) is 5.73 Å². The summed E-state index contributed by atoms with van der Waals surface area (Å²) >= 11 is 1.40. The number of nitrogens with two attached hydrogens (primary N) is 1. The number of rotatable bonds is 3. The van der Waals surface area contributed by atoms with Gasteiger partial charge in [-0.3, -0.25) is 0 Å². The Hall–Kier alpha value is -3.00. The molecule has 3 rings (SSSR count). The highest BCUT2D eigenvalue weighted by atomic mass is 32.1. The number of hydrogen-bond acceptors (Lipinski definition) is 6. The molecule has 1 heterocycles. The van der Waals surface area contributed by atoms with E-state index >= 15 is 0 Å². The molecule has 3 aromatic rings. The van der Waals surface area contributed by atoms with Crippen molar-refractivity contribution in [3.05, 3.63) is 70.8 Å². The summed E-state index contributed by atoms with van der Waals surface area (Å²) in [6.07, 6.45) is 0. The van der Waals surface area contributed by atoms with Crippen molar-refractivity contribution in [1.82, 2.24) is 10.2 Å². The van der Waals surface area contributed by atoms with Crippen LogP contribution in [0.15, 0.2) is 60.7 Å². The van der Waals surface area contributed by atoms with Crippen molar-refractivity contribution < 1.29 is 5.03 Å². The Labute approximate surface area is 130 Å². The standard InChI is InChI=1S/C8H7N3S.C6H6N2O2/c9-8-11-10-7(12-8)6-4-2-1-3-5-6;9-8(10)7-6-4-2-1-3-5-6/h1-5H,(H2,9,11);1-5,7H. The van der Waals surface area contributed by atoms with E-state index in [-0.39, 0.29) is 0 Å². The van der Waals surface area contributed by atoms with E-state index in [0.29, 0.717) is 10.8 Å². The first kappa shape index (κ1) is 15.4. The van der Waals surface area contributed by atoms with Gasteiger partial charge in [-0.15, -0.1) is 15.6 Å². The zero-order valence-electron chi connectivity index (χ0n) is 11.4. The fraction of sp³-hybridized carbons (Fsp3) is 0. The molecular formula is C14H13N5O2S. The molecule has 0 aliphatic rings. The number of nitrogen functional groups attached to an aromatic ring is 1. The van der Waals surface area contributed by atoms with Gasteiger partial charge in [-0.05, 0) is 12.1 Å². The third kappa shape index (κ3) is 4.84. The predicted molar refractivity (Wildman–Crippen MR) is 86.8 cm³/mol. The summed E-state index contributed by atoms with van der Waals surface area (Å²) in [7, 11) is 0. The SMILES string of the molecule is Nc1nnc(-c2ccccc2)s1.O=[N+]([O-])Nc1ccccc1. The Morgan fingerprint density at radius 3 is 2.09 bits per heavy atom. The van der Waals surface area contributed by atoms with Gasteiger partial charge in [-0.2, -0.15) is 0 Å². The number of anilines is 2. The van der Waals surface area contributed by atoms with Crippen molar-refractivity contribution in [2.45, 2.75) is 0 Å². The maximum Gasteiger partial charge on any atom is 0.203 e. The molecule has 3 N–H and O–H groups in total. The second-order valence-electron chi connectivity index (χ2n) is 4.05. The average molecular weight is 315 g/mol. The second kappa shape index (κ2) is 7.70. The van der Waals surface area contributed by atoms with Crippen LogP contribution in [0.25, 0.3) is 10.6 Å². The number of nitrogens with zero attached hydrogens (tertiary/aromatic N) is 3. The predicted octanol–water partition coefficient (Wildman–Crippen LogP) is 3.08. The lowest BCUT2D eigenvalue weighted by atomic mass is 10.2. The smallest absolute Gasteiger partial charge is 0.203 e. The minimum Gasteiger partial charge on any atom is -0.374 e. The third-order valence-corrected chi connectivity index (χ3v) is 3.26. The monoisotopic (exact) mass is 315 g/mol. The summed E-state index contributed by atoms with van der Waals surface area (Å²) in [6.45, 7) is 0. The summed E-state index contributed by atoms with van der Waals surface area (Å²) in [5.41, 5.74) is 9.04. The zero-order chi connectivity index (χ0) is 15.8. The first-order valence-corrected chi connectivity index (χ1v) is 7.07. The van der Waals surface area contributed by atoms with E-state index in [0.717, 1.165) is 10.6 Å².